The van der Waals surface area contributed by atoms with Gasteiger partial charge in [-0.3, -0.25) is 0 Å². The molecule has 0 saturated carbocycles. The predicted octanol–water partition coefficient (Wildman–Crippen LogP) is -1.07. The molecule has 0 aromatic heterocycles. The molecule has 0 fully saturated rings. The Morgan fingerprint density at radius 1 is 1.62 bits per heavy atom. The van der Waals surface area contributed by atoms with Gasteiger partial charge < -0.3 is 10.2 Å². The van der Waals surface area contributed by atoms with Crippen molar-refractivity contribution in [3.05, 3.63) is 0 Å². The molecule has 2 N–H and O–H groups in total. The first-order chi connectivity index (χ1) is 3.55. The molecule has 0 aromatic carbocycles. The minimum atomic E-state index is -2.67. The van der Waals surface area contributed by atoms with Crippen molar-refractivity contribution in [2.24, 2.45) is 0 Å². The molecule has 0 aromatic rings. The number of rotatable bonds is 1. The molecule has 48 valence electrons. The minimum absolute atomic E-state index is 0.926. The average molecular weight is 138 g/mol. The summed E-state index contributed by atoms with van der Waals surface area (Å²) in [6, 6.07) is 0. The van der Waals surface area contributed by atoms with Gasteiger partial charge in [-0.2, -0.15) is 8.42 Å². The van der Waals surface area contributed by atoms with Crippen LogP contribution in [0, 0.1) is 0 Å². The minimum Gasteiger partial charge on any atom is -0.386 e. The van der Waals surface area contributed by atoms with Gasteiger partial charge in [0.25, 0.3) is 0 Å². The van der Waals surface area contributed by atoms with E-state index >= 15 is 0 Å². The fraction of sp³-hybridized carbons (Fsp3) is 0.667. The van der Waals surface area contributed by atoms with Gasteiger partial charge in [-0.25, -0.2) is 0 Å². The first kappa shape index (κ1) is 7.61. The van der Waals surface area contributed by atoms with Crippen LogP contribution in [0.25, 0.3) is 0 Å². The second-order valence-electron chi connectivity index (χ2n) is 1.25. The smallest absolute Gasteiger partial charge is 0.243 e. The van der Waals surface area contributed by atoms with E-state index in [1.807, 2.05) is 0 Å². The third-order valence-corrected chi connectivity index (χ3v) is 1.21. The molecule has 5 heteroatoms. The summed E-state index contributed by atoms with van der Waals surface area (Å²) in [5.41, 5.74) is 0. The van der Waals surface area contributed by atoms with Gasteiger partial charge >= 0.3 is 0 Å². The first-order valence-corrected chi connectivity index (χ1v) is 2.96. The maximum atomic E-state index is 9.69. The van der Waals surface area contributed by atoms with Crippen LogP contribution < -0.4 is 0 Å². The van der Waals surface area contributed by atoms with Crippen LogP contribution in [0.4, 0.5) is 0 Å². The van der Waals surface area contributed by atoms with E-state index in [1.54, 1.807) is 0 Å². The Hall–Kier alpha value is -0.390. The predicted molar refractivity (Wildman–Crippen MR) is 28.2 cm³/mol. The van der Waals surface area contributed by atoms with Crippen LogP contribution in [0.1, 0.15) is 6.92 Å². The Labute approximate surface area is 47.9 Å². The maximum absolute atomic E-state index is 9.69. The second kappa shape index (κ2) is 2.81. The molecule has 0 spiro atoms. The highest BCUT2D eigenvalue weighted by Crippen LogP contribution is 1.76. The van der Waals surface area contributed by atoms with E-state index < -0.39 is 21.4 Å². The Balaban J connectivity index is 4.50. The van der Waals surface area contributed by atoms with Gasteiger partial charge in [0, 0.05) is 0 Å². The summed E-state index contributed by atoms with van der Waals surface area (Å²) in [6.45, 7) is 1.16. The van der Waals surface area contributed by atoms with Crippen LogP contribution in [0.15, 0.2) is 0 Å². The van der Waals surface area contributed by atoms with E-state index in [0.717, 1.165) is 6.92 Å². The number of aliphatic hydroxyl groups is 2. The quantitative estimate of drug-likeness (QED) is 0.453. The van der Waals surface area contributed by atoms with Crippen molar-refractivity contribution in [1.29, 1.82) is 0 Å². The lowest BCUT2D eigenvalue weighted by Crippen LogP contribution is -2.15. The molecule has 0 saturated heterocycles. The highest BCUT2D eigenvalue weighted by molar-refractivity contribution is 7.72. The van der Waals surface area contributed by atoms with E-state index in [9.17, 15) is 8.42 Å². The standard InChI is InChI=1S/C3H6O4S/c1-2(4)3(5)8(6)7/h2,4-5H,1H3. The lowest BCUT2D eigenvalue weighted by molar-refractivity contribution is 0.240. The molecule has 0 rings (SSSR count). The highest BCUT2D eigenvalue weighted by Gasteiger charge is 2.01. The van der Waals surface area contributed by atoms with Crippen molar-refractivity contribution in [3.8, 4) is 0 Å². The van der Waals surface area contributed by atoms with E-state index in [2.05, 4.69) is 0 Å². The van der Waals surface area contributed by atoms with E-state index in [0.29, 0.717) is 0 Å². The highest BCUT2D eigenvalue weighted by atomic mass is 32.2. The molecule has 0 heterocycles. The topological polar surface area (TPSA) is 74.6 Å². The van der Waals surface area contributed by atoms with Gasteiger partial charge in [0.1, 0.15) is 6.10 Å². The van der Waals surface area contributed by atoms with Gasteiger partial charge in [0.2, 0.25) is 10.3 Å². The van der Waals surface area contributed by atoms with E-state index in [4.69, 9.17) is 10.2 Å². The molecular weight excluding hydrogens is 132 g/mol. The normalized spacial score (nSPS) is 12.9. The SMILES string of the molecule is CC(O)C(O)=S(=O)=O. The summed E-state index contributed by atoms with van der Waals surface area (Å²) in [7, 11) is -2.67. The Morgan fingerprint density at radius 2 is 2.00 bits per heavy atom. The van der Waals surface area contributed by atoms with Crippen LogP contribution in [0.2, 0.25) is 0 Å². The lowest BCUT2D eigenvalue weighted by Gasteiger charge is -1.92. The molecule has 0 radical (unpaired) electrons. The molecule has 8 heavy (non-hydrogen) atoms. The molecule has 0 aliphatic rings. The lowest BCUT2D eigenvalue weighted by atomic mass is 10.5. The van der Waals surface area contributed by atoms with Gasteiger partial charge in [-0.05, 0) is 6.92 Å². The van der Waals surface area contributed by atoms with Crippen LogP contribution in [0.5, 0.6) is 0 Å². The van der Waals surface area contributed by atoms with Crippen LogP contribution in [-0.2, 0) is 10.3 Å². The summed E-state index contributed by atoms with van der Waals surface area (Å²) >= 11 is 0. The van der Waals surface area contributed by atoms with Crippen molar-refractivity contribution >= 4 is 15.3 Å². The van der Waals surface area contributed by atoms with Crippen molar-refractivity contribution < 1.29 is 18.6 Å². The summed E-state index contributed by atoms with van der Waals surface area (Å²) in [5.74, 6) is 0. The van der Waals surface area contributed by atoms with Crippen molar-refractivity contribution in [2.75, 3.05) is 0 Å². The third kappa shape index (κ3) is 2.06. The molecule has 1 atom stereocenters. The number of aliphatic hydroxyl groups excluding tert-OH is 2. The first-order valence-electron chi connectivity index (χ1n) is 1.89. The third-order valence-electron chi connectivity index (χ3n) is 0.528. The summed E-state index contributed by atoms with van der Waals surface area (Å²) < 4.78 is 19.4. The fourth-order valence-corrected chi connectivity index (χ4v) is 0.418. The van der Waals surface area contributed by atoms with Gasteiger partial charge in [0.15, 0.2) is 5.05 Å². The zero-order valence-corrected chi connectivity index (χ0v) is 5.01. The van der Waals surface area contributed by atoms with Gasteiger partial charge in [-0.15, -0.1) is 0 Å². The molecule has 4 nitrogen and oxygen atoms in total. The summed E-state index contributed by atoms with van der Waals surface area (Å²) in [6.07, 6.45) is -1.30. The monoisotopic (exact) mass is 138 g/mol. The van der Waals surface area contributed by atoms with Crippen LogP contribution in [0.3, 0.4) is 0 Å². The fourth-order valence-electron chi connectivity index (χ4n) is 0.139. The molecular formula is C3H6O4S. The molecule has 0 bridgehead atoms. The Kier molecular flexibility index (Phi) is 2.67. The van der Waals surface area contributed by atoms with Crippen LogP contribution >= 0.6 is 0 Å². The number of hydrogen-bond donors (Lipinski definition) is 2. The second-order valence-corrected chi connectivity index (χ2v) is 2.14. The molecule has 0 aliphatic carbocycles. The zero-order valence-electron chi connectivity index (χ0n) is 4.20. The van der Waals surface area contributed by atoms with Gasteiger partial charge in [-0.1, -0.05) is 0 Å². The molecule has 0 aliphatic heterocycles. The van der Waals surface area contributed by atoms with Crippen LogP contribution in [-0.4, -0.2) is 29.8 Å². The zero-order chi connectivity index (χ0) is 6.73. The average Bonchev–Trinajstić information content (AvgIpc) is 1.64. The van der Waals surface area contributed by atoms with Crippen molar-refractivity contribution in [1.82, 2.24) is 0 Å². The van der Waals surface area contributed by atoms with Crippen molar-refractivity contribution in [3.63, 3.8) is 0 Å². The van der Waals surface area contributed by atoms with E-state index in [-0.39, 0.29) is 0 Å². The Morgan fingerprint density at radius 3 is 2.00 bits per heavy atom. The van der Waals surface area contributed by atoms with E-state index in [1.165, 1.54) is 0 Å². The molecule has 1 unspecified atom stereocenters. The summed E-state index contributed by atoms with van der Waals surface area (Å²) in [4.78, 5) is 0. The molecule has 0 amide bonds. The number of hydrogen-bond acceptors (Lipinski definition) is 3. The van der Waals surface area contributed by atoms with Crippen molar-refractivity contribution in [2.45, 2.75) is 13.0 Å². The summed E-state index contributed by atoms with van der Waals surface area (Å²) in [5, 5.41) is 15.6. The largest absolute Gasteiger partial charge is 0.386 e. The maximum Gasteiger partial charge on any atom is 0.243 e. The van der Waals surface area contributed by atoms with Gasteiger partial charge in [0.05, 0.1) is 0 Å². The Bertz CT molecular complexity index is 179.